The van der Waals surface area contributed by atoms with Crippen LogP contribution in [0.1, 0.15) is 34.7 Å². The molecular weight excluding hydrogens is 368 g/mol. The second-order valence-corrected chi connectivity index (χ2v) is 8.87. The molecule has 0 atom stereocenters. The van der Waals surface area contributed by atoms with Gasteiger partial charge in [0, 0.05) is 43.2 Å². The third-order valence-corrected chi connectivity index (χ3v) is 6.00. The summed E-state index contributed by atoms with van der Waals surface area (Å²) in [4.78, 5) is 24.2. The van der Waals surface area contributed by atoms with E-state index in [1.54, 1.807) is 18.3 Å². The summed E-state index contributed by atoms with van der Waals surface area (Å²) in [7, 11) is -3.14. The van der Waals surface area contributed by atoms with Crippen LogP contribution in [0.25, 0.3) is 11.3 Å². The van der Waals surface area contributed by atoms with Crippen molar-refractivity contribution in [3.8, 4) is 11.3 Å². The quantitative estimate of drug-likeness (QED) is 0.827. The smallest absolute Gasteiger partial charge is 0.337 e. The lowest BCUT2D eigenvalue weighted by Crippen LogP contribution is -2.38. The number of pyridine rings is 1. The number of aryl methyl sites for hydroxylation is 1. The highest BCUT2D eigenvalue weighted by molar-refractivity contribution is 7.88. The van der Waals surface area contributed by atoms with Gasteiger partial charge in [-0.15, -0.1) is 0 Å². The summed E-state index contributed by atoms with van der Waals surface area (Å²) < 4.78 is 24.8. The number of carboxylic acid groups (broad SMARTS) is 1. The van der Waals surface area contributed by atoms with Gasteiger partial charge in [0.25, 0.3) is 0 Å². The van der Waals surface area contributed by atoms with Crippen LogP contribution in [0.2, 0.25) is 0 Å². The van der Waals surface area contributed by atoms with E-state index in [0.29, 0.717) is 42.5 Å². The highest BCUT2D eigenvalue weighted by atomic mass is 32.2. The number of sulfonamides is 1. The Morgan fingerprint density at radius 1 is 1.22 bits per heavy atom. The van der Waals surface area contributed by atoms with Gasteiger partial charge in [-0.1, -0.05) is 0 Å². The van der Waals surface area contributed by atoms with E-state index in [1.807, 2.05) is 6.92 Å². The van der Waals surface area contributed by atoms with Crippen molar-refractivity contribution in [3.05, 3.63) is 41.6 Å². The number of piperidine rings is 1. The molecule has 1 fully saturated rings. The number of nitrogens with zero attached hydrogens (tertiary/aromatic N) is 4. The minimum atomic E-state index is -3.14. The average molecular weight is 390 g/mol. The Labute approximate surface area is 158 Å². The summed E-state index contributed by atoms with van der Waals surface area (Å²) in [5, 5.41) is 9.14. The van der Waals surface area contributed by atoms with Crippen LogP contribution in [-0.2, 0) is 16.4 Å². The van der Waals surface area contributed by atoms with Gasteiger partial charge in [0.05, 0.1) is 17.5 Å². The highest BCUT2D eigenvalue weighted by Gasteiger charge is 2.25. The summed E-state index contributed by atoms with van der Waals surface area (Å²) in [5.74, 6) is -0.0300. The Hall–Kier alpha value is -2.39. The fraction of sp³-hybridized carbons (Fsp3) is 0.444. The van der Waals surface area contributed by atoms with Crippen LogP contribution in [0.3, 0.4) is 0 Å². The highest BCUT2D eigenvalue weighted by Crippen LogP contribution is 2.24. The molecule has 0 aliphatic carbocycles. The molecule has 0 unspecified atom stereocenters. The van der Waals surface area contributed by atoms with Gasteiger partial charge in [-0.2, -0.15) is 0 Å². The third kappa shape index (κ3) is 4.86. The number of aromatic carboxylic acids is 1. The molecule has 3 heterocycles. The summed E-state index contributed by atoms with van der Waals surface area (Å²) in [6.45, 7) is 2.91. The molecule has 3 rings (SSSR count). The number of aromatic nitrogens is 3. The minimum Gasteiger partial charge on any atom is -0.478 e. The first-order chi connectivity index (χ1) is 12.7. The van der Waals surface area contributed by atoms with Gasteiger partial charge >= 0.3 is 5.97 Å². The van der Waals surface area contributed by atoms with E-state index in [1.165, 1.54) is 16.8 Å². The zero-order valence-corrected chi connectivity index (χ0v) is 16.1. The lowest BCUT2D eigenvalue weighted by atomic mass is 9.94. The second kappa shape index (κ2) is 7.69. The lowest BCUT2D eigenvalue weighted by Gasteiger charge is -2.29. The van der Waals surface area contributed by atoms with Crippen molar-refractivity contribution in [2.24, 2.45) is 5.92 Å². The maximum atomic E-state index is 11.6. The first-order valence-electron chi connectivity index (χ1n) is 8.71. The van der Waals surface area contributed by atoms with Gasteiger partial charge in [0.1, 0.15) is 5.82 Å². The average Bonchev–Trinajstić information content (AvgIpc) is 2.61. The Bertz CT molecular complexity index is 954. The normalized spacial score (nSPS) is 16.4. The van der Waals surface area contributed by atoms with Gasteiger partial charge in [0.15, 0.2) is 0 Å². The molecule has 0 radical (unpaired) electrons. The molecule has 9 heteroatoms. The number of carbonyl (C=O) groups is 1. The van der Waals surface area contributed by atoms with E-state index < -0.39 is 16.0 Å². The Kier molecular flexibility index (Phi) is 5.52. The summed E-state index contributed by atoms with van der Waals surface area (Å²) in [6.07, 6.45) is 6.34. The summed E-state index contributed by atoms with van der Waals surface area (Å²) in [6, 6.07) is 3.35. The van der Waals surface area contributed by atoms with Gasteiger partial charge < -0.3 is 5.11 Å². The van der Waals surface area contributed by atoms with E-state index in [0.717, 1.165) is 18.5 Å². The molecule has 0 bridgehead atoms. The molecular formula is C18H22N4O4S. The van der Waals surface area contributed by atoms with Gasteiger partial charge in [-0.3, -0.25) is 4.98 Å². The molecule has 1 aliphatic rings. The van der Waals surface area contributed by atoms with Crippen LogP contribution >= 0.6 is 0 Å². The monoisotopic (exact) mass is 390 g/mol. The van der Waals surface area contributed by atoms with Crippen molar-refractivity contribution in [1.82, 2.24) is 19.3 Å². The molecule has 27 heavy (non-hydrogen) atoms. The SMILES string of the molecule is Cc1cc(-c2cncc(C(=O)O)c2)nc(CC2CCN(S(C)(=O)=O)CC2)n1. The molecule has 0 aromatic carbocycles. The van der Waals surface area contributed by atoms with E-state index in [-0.39, 0.29) is 5.56 Å². The molecule has 0 spiro atoms. The topological polar surface area (TPSA) is 113 Å². The first kappa shape index (κ1) is 19.4. The summed E-state index contributed by atoms with van der Waals surface area (Å²) in [5.41, 5.74) is 2.18. The van der Waals surface area contributed by atoms with Crippen LogP contribution in [0.4, 0.5) is 0 Å². The maximum Gasteiger partial charge on any atom is 0.337 e. The van der Waals surface area contributed by atoms with Crippen molar-refractivity contribution in [1.29, 1.82) is 0 Å². The molecule has 2 aromatic heterocycles. The van der Waals surface area contributed by atoms with Crippen LogP contribution in [0.5, 0.6) is 0 Å². The molecule has 1 saturated heterocycles. The molecule has 144 valence electrons. The molecule has 0 amide bonds. The predicted octanol–water partition coefficient (Wildman–Crippen LogP) is 1.76. The fourth-order valence-electron chi connectivity index (χ4n) is 3.27. The Morgan fingerprint density at radius 2 is 1.93 bits per heavy atom. The Morgan fingerprint density at radius 3 is 2.56 bits per heavy atom. The maximum absolute atomic E-state index is 11.6. The third-order valence-electron chi connectivity index (χ3n) is 4.70. The second-order valence-electron chi connectivity index (χ2n) is 6.89. The minimum absolute atomic E-state index is 0.110. The number of hydrogen-bond acceptors (Lipinski definition) is 6. The summed E-state index contributed by atoms with van der Waals surface area (Å²) >= 11 is 0. The van der Waals surface area contributed by atoms with E-state index in [4.69, 9.17) is 5.11 Å². The first-order valence-corrected chi connectivity index (χ1v) is 10.6. The van der Waals surface area contributed by atoms with E-state index in [9.17, 15) is 13.2 Å². The van der Waals surface area contributed by atoms with Crippen LogP contribution in [0, 0.1) is 12.8 Å². The number of carboxylic acids is 1. The Balaban J connectivity index is 1.77. The standard InChI is InChI=1S/C18H22N4O4S/c1-12-7-16(14-9-15(18(23)24)11-19-10-14)21-17(20-12)8-13-3-5-22(6-4-13)27(2,25)26/h7,9-11,13H,3-6,8H2,1-2H3,(H,23,24). The van der Waals surface area contributed by atoms with Crippen molar-refractivity contribution < 1.29 is 18.3 Å². The van der Waals surface area contributed by atoms with Gasteiger partial charge in [0.2, 0.25) is 10.0 Å². The molecule has 1 aliphatic heterocycles. The zero-order chi connectivity index (χ0) is 19.6. The predicted molar refractivity (Wildman–Crippen MR) is 99.8 cm³/mol. The van der Waals surface area contributed by atoms with E-state index in [2.05, 4.69) is 15.0 Å². The fourth-order valence-corrected chi connectivity index (χ4v) is 4.14. The molecule has 2 aromatic rings. The lowest BCUT2D eigenvalue weighted by molar-refractivity contribution is 0.0696. The zero-order valence-electron chi connectivity index (χ0n) is 15.3. The van der Waals surface area contributed by atoms with Gasteiger partial charge in [-0.25, -0.2) is 27.5 Å². The molecule has 8 nitrogen and oxygen atoms in total. The molecule has 0 saturated carbocycles. The number of hydrogen-bond donors (Lipinski definition) is 1. The van der Waals surface area contributed by atoms with Crippen molar-refractivity contribution in [3.63, 3.8) is 0 Å². The van der Waals surface area contributed by atoms with Gasteiger partial charge in [-0.05, 0) is 37.8 Å². The van der Waals surface area contributed by atoms with Crippen LogP contribution in [-0.4, -0.2) is 58.1 Å². The van der Waals surface area contributed by atoms with Crippen LogP contribution in [0.15, 0.2) is 24.5 Å². The largest absolute Gasteiger partial charge is 0.478 e. The van der Waals surface area contributed by atoms with Crippen molar-refractivity contribution >= 4 is 16.0 Å². The van der Waals surface area contributed by atoms with Crippen molar-refractivity contribution in [2.75, 3.05) is 19.3 Å². The van der Waals surface area contributed by atoms with E-state index >= 15 is 0 Å². The number of rotatable bonds is 5. The van der Waals surface area contributed by atoms with Crippen LogP contribution < -0.4 is 0 Å². The van der Waals surface area contributed by atoms with Crippen molar-refractivity contribution in [2.45, 2.75) is 26.2 Å². The molecule has 1 N–H and O–H groups in total.